The molecule has 37 heavy (non-hydrogen) atoms. The number of carbonyl (C=O) groups is 2. The van der Waals surface area contributed by atoms with Gasteiger partial charge in [-0.3, -0.25) is 9.59 Å². The molecule has 11 heteroatoms. The summed E-state index contributed by atoms with van der Waals surface area (Å²) in [6.45, 7) is 2.14. The molecule has 2 N–H and O–H groups in total. The lowest BCUT2D eigenvalue weighted by Gasteiger charge is -2.29. The highest BCUT2D eigenvalue weighted by molar-refractivity contribution is 7.22. The first-order chi connectivity index (χ1) is 17.9. The standard InChI is InChI=1S/C26H28ClN5O4S/c1-36-13-12-32-21-5-2-16(22(34)6-7-24(35)31-10-8-18(33)9-11-31)14-20(21)28-25(32)30-26-29-19-4-3-17(27)15-23(19)37-26/h2-5,14-15,18,33H,6-13H2,1H3,(H,28,29,30). The fraction of sp³-hybridized carbons (Fsp3) is 0.385. The van der Waals surface area contributed by atoms with E-state index < -0.39 is 0 Å². The summed E-state index contributed by atoms with van der Waals surface area (Å²) in [5, 5.41) is 14.3. The van der Waals surface area contributed by atoms with E-state index in [1.165, 1.54) is 11.3 Å². The molecule has 1 aliphatic rings. The number of aliphatic hydroxyl groups excluding tert-OH is 1. The van der Waals surface area contributed by atoms with Crippen molar-refractivity contribution in [3.05, 3.63) is 47.0 Å². The number of imidazole rings is 1. The van der Waals surface area contributed by atoms with Crippen LogP contribution in [-0.4, -0.2) is 69.1 Å². The molecule has 1 saturated heterocycles. The minimum absolute atomic E-state index is 0.0474. The molecule has 1 amide bonds. The monoisotopic (exact) mass is 541 g/mol. The average Bonchev–Trinajstić information content (AvgIpc) is 3.45. The summed E-state index contributed by atoms with van der Waals surface area (Å²) in [5.41, 5.74) is 2.90. The van der Waals surface area contributed by atoms with Gasteiger partial charge in [0.25, 0.3) is 0 Å². The highest BCUT2D eigenvalue weighted by atomic mass is 35.5. The van der Waals surface area contributed by atoms with Crippen molar-refractivity contribution in [1.29, 1.82) is 0 Å². The van der Waals surface area contributed by atoms with E-state index in [1.54, 1.807) is 24.1 Å². The van der Waals surface area contributed by atoms with E-state index in [0.717, 1.165) is 15.7 Å². The van der Waals surface area contributed by atoms with E-state index in [0.29, 0.717) is 66.3 Å². The van der Waals surface area contributed by atoms with E-state index >= 15 is 0 Å². The first-order valence-electron chi connectivity index (χ1n) is 12.2. The number of ketones is 1. The number of amides is 1. The molecule has 1 aliphatic heterocycles. The molecule has 2 aromatic heterocycles. The number of ether oxygens (including phenoxy) is 1. The van der Waals surface area contributed by atoms with E-state index in [4.69, 9.17) is 21.3 Å². The van der Waals surface area contributed by atoms with Crippen LogP contribution in [0.25, 0.3) is 21.3 Å². The van der Waals surface area contributed by atoms with Gasteiger partial charge in [0.2, 0.25) is 11.9 Å². The van der Waals surface area contributed by atoms with Crippen LogP contribution in [0.3, 0.4) is 0 Å². The van der Waals surface area contributed by atoms with Gasteiger partial charge in [0, 0.05) is 50.2 Å². The number of aromatic nitrogens is 3. The number of piperidine rings is 1. The number of Topliss-reactive ketones (excluding diaryl/α,β-unsaturated/α-hetero) is 1. The summed E-state index contributed by atoms with van der Waals surface area (Å²) in [4.78, 5) is 36.5. The van der Waals surface area contributed by atoms with Gasteiger partial charge in [0.1, 0.15) is 0 Å². The smallest absolute Gasteiger partial charge is 0.223 e. The van der Waals surface area contributed by atoms with Gasteiger partial charge < -0.3 is 24.6 Å². The van der Waals surface area contributed by atoms with Crippen LogP contribution in [0.1, 0.15) is 36.0 Å². The highest BCUT2D eigenvalue weighted by Gasteiger charge is 2.22. The van der Waals surface area contributed by atoms with Crippen molar-refractivity contribution >= 4 is 67.0 Å². The van der Waals surface area contributed by atoms with Crippen molar-refractivity contribution in [2.45, 2.75) is 38.3 Å². The molecule has 194 valence electrons. The van der Waals surface area contributed by atoms with Gasteiger partial charge >= 0.3 is 0 Å². The zero-order chi connectivity index (χ0) is 25.9. The Morgan fingerprint density at radius 3 is 2.73 bits per heavy atom. The number of carbonyl (C=O) groups excluding carboxylic acids is 2. The second-order valence-corrected chi connectivity index (χ2v) is 10.5. The molecule has 4 aromatic rings. The molecule has 5 rings (SSSR count). The number of fused-ring (bicyclic) bond motifs is 2. The molecular weight excluding hydrogens is 514 g/mol. The SMILES string of the molecule is COCCn1c(Nc2nc3ccc(Cl)cc3s2)nc2cc(C(=O)CCC(=O)N3CCC(O)CC3)ccc21. The van der Waals surface area contributed by atoms with Crippen LogP contribution < -0.4 is 5.32 Å². The largest absolute Gasteiger partial charge is 0.393 e. The molecule has 9 nitrogen and oxygen atoms in total. The Morgan fingerprint density at radius 2 is 1.95 bits per heavy atom. The van der Waals surface area contributed by atoms with Crippen LogP contribution in [0.5, 0.6) is 0 Å². The zero-order valence-corrected chi connectivity index (χ0v) is 22.0. The lowest BCUT2D eigenvalue weighted by atomic mass is 10.0. The first kappa shape index (κ1) is 25.6. The number of nitrogens with one attached hydrogen (secondary N) is 1. The number of anilines is 2. The van der Waals surface area contributed by atoms with E-state index in [9.17, 15) is 14.7 Å². The van der Waals surface area contributed by atoms with Crippen LogP contribution in [-0.2, 0) is 16.1 Å². The minimum Gasteiger partial charge on any atom is -0.393 e. The Morgan fingerprint density at radius 1 is 1.14 bits per heavy atom. The van der Waals surface area contributed by atoms with Gasteiger partial charge in [-0.15, -0.1) is 0 Å². The molecule has 0 bridgehead atoms. The summed E-state index contributed by atoms with van der Waals surface area (Å²) in [5.74, 6) is 0.453. The van der Waals surface area contributed by atoms with Crippen molar-refractivity contribution in [2.75, 3.05) is 32.1 Å². The number of benzene rings is 2. The summed E-state index contributed by atoms with van der Waals surface area (Å²) in [6.07, 6.45) is 1.12. The third-order valence-corrected chi connectivity index (χ3v) is 7.71. The maximum Gasteiger partial charge on any atom is 0.223 e. The number of hydrogen-bond donors (Lipinski definition) is 2. The Hall–Kier alpha value is -3.05. The van der Waals surface area contributed by atoms with Gasteiger partial charge in [-0.1, -0.05) is 22.9 Å². The predicted octanol–water partition coefficient (Wildman–Crippen LogP) is 4.64. The number of aliphatic hydroxyl groups is 1. The number of methoxy groups -OCH3 is 1. The summed E-state index contributed by atoms with van der Waals surface area (Å²) in [7, 11) is 1.65. The highest BCUT2D eigenvalue weighted by Crippen LogP contribution is 2.31. The van der Waals surface area contributed by atoms with Crippen molar-refractivity contribution in [3.63, 3.8) is 0 Å². The van der Waals surface area contributed by atoms with Crippen molar-refractivity contribution in [2.24, 2.45) is 0 Å². The van der Waals surface area contributed by atoms with Crippen molar-refractivity contribution < 1.29 is 19.4 Å². The van der Waals surface area contributed by atoms with Crippen LogP contribution in [0, 0.1) is 0 Å². The molecule has 0 spiro atoms. The molecule has 1 fully saturated rings. The zero-order valence-electron chi connectivity index (χ0n) is 20.4. The first-order valence-corrected chi connectivity index (χ1v) is 13.4. The normalized spacial score (nSPS) is 14.5. The Labute approximate surface area is 223 Å². The molecule has 3 heterocycles. The number of likely N-dealkylation sites (tertiary alicyclic amines) is 1. The minimum atomic E-state index is -0.339. The molecule has 0 unspecified atom stereocenters. The van der Waals surface area contributed by atoms with Gasteiger partial charge in [-0.2, -0.15) is 0 Å². The molecule has 2 aromatic carbocycles. The number of halogens is 1. The van der Waals surface area contributed by atoms with E-state index in [1.807, 2.05) is 28.8 Å². The Kier molecular flexibility index (Phi) is 7.71. The van der Waals surface area contributed by atoms with E-state index in [-0.39, 0.29) is 30.6 Å². The van der Waals surface area contributed by atoms with Crippen LogP contribution >= 0.6 is 22.9 Å². The third kappa shape index (κ3) is 5.77. The molecule has 0 saturated carbocycles. The van der Waals surface area contributed by atoms with Gasteiger partial charge in [0.05, 0.1) is 34.0 Å². The molecule has 0 radical (unpaired) electrons. The quantitative estimate of drug-likeness (QED) is 0.297. The lowest BCUT2D eigenvalue weighted by Crippen LogP contribution is -2.40. The van der Waals surface area contributed by atoms with Crippen molar-refractivity contribution in [3.8, 4) is 0 Å². The Balaban J connectivity index is 1.34. The average molecular weight is 542 g/mol. The van der Waals surface area contributed by atoms with Gasteiger partial charge in [0.15, 0.2) is 10.9 Å². The molecule has 0 aliphatic carbocycles. The number of hydrogen-bond acceptors (Lipinski definition) is 8. The van der Waals surface area contributed by atoms with Crippen LogP contribution in [0.15, 0.2) is 36.4 Å². The topological polar surface area (TPSA) is 110 Å². The third-order valence-electron chi connectivity index (χ3n) is 6.54. The fourth-order valence-electron chi connectivity index (χ4n) is 4.49. The van der Waals surface area contributed by atoms with Crippen LogP contribution in [0.4, 0.5) is 11.1 Å². The second-order valence-electron chi connectivity index (χ2n) is 9.07. The maximum absolute atomic E-state index is 12.9. The molecule has 0 atom stereocenters. The summed E-state index contributed by atoms with van der Waals surface area (Å²) >= 11 is 7.60. The van der Waals surface area contributed by atoms with Crippen LogP contribution in [0.2, 0.25) is 5.02 Å². The number of nitrogens with zero attached hydrogens (tertiary/aromatic N) is 4. The fourth-order valence-corrected chi connectivity index (χ4v) is 5.63. The van der Waals surface area contributed by atoms with E-state index in [2.05, 4.69) is 10.3 Å². The maximum atomic E-state index is 12.9. The lowest BCUT2D eigenvalue weighted by molar-refractivity contribution is -0.133. The second kappa shape index (κ2) is 11.1. The Bertz CT molecular complexity index is 1440. The summed E-state index contributed by atoms with van der Waals surface area (Å²) < 4.78 is 8.27. The number of rotatable bonds is 9. The van der Waals surface area contributed by atoms with Gasteiger partial charge in [-0.05, 0) is 49.2 Å². The van der Waals surface area contributed by atoms with Gasteiger partial charge in [-0.25, -0.2) is 9.97 Å². The summed E-state index contributed by atoms with van der Waals surface area (Å²) in [6, 6.07) is 11.0. The predicted molar refractivity (Wildman–Crippen MR) is 145 cm³/mol. The number of thiazole rings is 1. The molecular formula is C26H28ClN5O4S. The van der Waals surface area contributed by atoms with Crippen molar-refractivity contribution in [1.82, 2.24) is 19.4 Å².